The van der Waals surface area contributed by atoms with Crippen molar-refractivity contribution in [2.45, 2.75) is 32.2 Å². The Hall–Kier alpha value is -4.73. The van der Waals surface area contributed by atoms with E-state index in [-0.39, 0.29) is 25.0 Å². The minimum absolute atomic E-state index is 0.0276. The van der Waals surface area contributed by atoms with Crippen LogP contribution in [0.4, 0.5) is 21.9 Å². The average Bonchev–Trinajstić information content (AvgIpc) is 3.43. The van der Waals surface area contributed by atoms with Crippen LogP contribution in [0, 0.1) is 6.92 Å². The van der Waals surface area contributed by atoms with Crippen LogP contribution in [0.3, 0.4) is 0 Å². The maximum absolute atomic E-state index is 13.2. The number of esters is 1. The van der Waals surface area contributed by atoms with Crippen molar-refractivity contribution < 1.29 is 28.6 Å². The monoisotopic (exact) mass is 546 g/mol. The van der Waals surface area contributed by atoms with Crippen LogP contribution in [0.25, 0.3) is 0 Å². The third kappa shape index (κ3) is 6.82. The Morgan fingerprint density at radius 2 is 1.75 bits per heavy atom. The summed E-state index contributed by atoms with van der Waals surface area (Å²) < 4.78 is 16.1. The molecule has 4 rings (SSSR count). The van der Waals surface area contributed by atoms with Crippen LogP contribution >= 0.6 is 0 Å². The third-order valence-corrected chi connectivity index (χ3v) is 6.82. The molecule has 1 aliphatic rings. The number of para-hydroxylation sites is 1. The standard InChI is InChI=1S/C30H34N4O6/c1-19-7-4-5-9-24(19)32-30(37)33-25-12-10-20(15-27(25)38-2)16-28(35)34-14-6-8-22(34)18-40-26-13-11-21(17-23(26)31)29(36)39-3/h4-5,7,9-13,15,17,22H,6,8,14,16,18,31H2,1-3H3,(H2,32,33,37)/t22-/m0/s1. The second-order valence-corrected chi connectivity index (χ2v) is 9.54. The van der Waals surface area contributed by atoms with Crippen molar-refractivity contribution in [2.75, 3.05) is 43.7 Å². The lowest BCUT2D eigenvalue weighted by Crippen LogP contribution is -2.40. The predicted octanol–water partition coefficient (Wildman–Crippen LogP) is 4.63. The molecule has 0 radical (unpaired) electrons. The molecule has 210 valence electrons. The second kappa shape index (κ2) is 12.9. The maximum atomic E-state index is 13.2. The molecular formula is C30H34N4O6. The molecule has 40 heavy (non-hydrogen) atoms. The van der Waals surface area contributed by atoms with Crippen molar-refractivity contribution >= 4 is 35.0 Å². The lowest BCUT2D eigenvalue weighted by molar-refractivity contribution is -0.131. The van der Waals surface area contributed by atoms with Gasteiger partial charge in [-0.25, -0.2) is 9.59 Å². The van der Waals surface area contributed by atoms with E-state index in [0.717, 1.165) is 24.0 Å². The van der Waals surface area contributed by atoms with E-state index in [2.05, 4.69) is 10.6 Å². The van der Waals surface area contributed by atoms with E-state index in [1.54, 1.807) is 30.3 Å². The van der Waals surface area contributed by atoms with Gasteiger partial charge in [-0.3, -0.25) is 4.79 Å². The van der Waals surface area contributed by atoms with Gasteiger partial charge in [0.1, 0.15) is 18.1 Å². The Balaban J connectivity index is 1.35. The van der Waals surface area contributed by atoms with Gasteiger partial charge < -0.3 is 35.5 Å². The van der Waals surface area contributed by atoms with Crippen LogP contribution in [-0.4, -0.2) is 56.2 Å². The number of urea groups is 1. The van der Waals surface area contributed by atoms with E-state index in [1.165, 1.54) is 20.3 Å². The molecule has 1 heterocycles. The summed E-state index contributed by atoms with van der Waals surface area (Å²) in [5.74, 6) is 0.403. The number of hydrogen-bond acceptors (Lipinski definition) is 7. The summed E-state index contributed by atoms with van der Waals surface area (Å²) in [5, 5.41) is 5.64. The first-order chi connectivity index (χ1) is 19.3. The Labute approximate surface area is 233 Å². The van der Waals surface area contributed by atoms with Gasteiger partial charge in [0.25, 0.3) is 0 Å². The van der Waals surface area contributed by atoms with E-state index in [4.69, 9.17) is 19.9 Å². The molecule has 0 unspecified atom stereocenters. The highest BCUT2D eigenvalue weighted by Gasteiger charge is 2.29. The molecular weight excluding hydrogens is 512 g/mol. The van der Waals surface area contributed by atoms with E-state index in [1.807, 2.05) is 36.1 Å². The number of anilines is 3. The molecule has 1 atom stereocenters. The van der Waals surface area contributed by atoms with Gasteiger partial charge in [-0.2, -0.15) is 0 Å². The zero-order valence-electron chi connectivity index (χ0n) is 22.9. The number of nitrogens with one attached hydrogen (secondary N) is 2. The summed E-state index contributed by atoms with van der Waals surface area (Å²) in [6.45, 7) is 2.84. The highest BCUT2D eigenvalue weighted by atomic mass is 16.5. The number of likely N-dealkylation sites (tertiary alicyclic amines) is 1. The summed E-state index contributed by atoms with van der Waals surface area (Å²) in [5.41, 5.74) is 9.64. The molecule has 3 aromatic carbocycles. The number of benzene rings is 3. The van der Waals surface area contributed by atoms with E-state index in [0.29, 0.717) is 40.7 Å². The number of carbonyl (C=O) groups is 3. The molecule has 1 saturated heterocycles. The summed E-state index contributed by atoms with van der Waals surface area (Å²) in [7, 11) is 2.82. The fraction of sp³-hybridized carbons (Fsp3) is 0.300. The molecule has 10 heteroatoms. The fourth-order valence-corrected chi connectivity index (χ4v) is 4.66. The molecule has 0 spiro atoms. The molecule has 0 saturated carbocycles. The van der Waals surface area contributed by atoms with Crippen LogP contribution in [0.1, 0.15) is 34.3 Å². The van der Waals surface area contributed by atoms with Gasteiger partial charge in [-0.1, -0.05) is 24.3 Å². The van der Waals surface area contributed by atoms with Crippen molar-refractivity contribution in [3.8, 4) is 11.5 Å². The highest BCUT2D eigenvalue weighted by Crippen LogP contribution is 2.28. The van der Waals surface area contributed by atoms with Crippen LogP contribution in [0.15, 0.2) is 60.7 Å². The number of amides is 3. The number of nitrogens with zero attached hydrogens (tertiary/aromatic N) is 1. The van der Waals surface area contributed by atoms with Gasteiger partial charge in [-0.05, 0) is 67.3 Å². The van der Waals surface area contributed by atoms with Crippen LogP contribution in [-0.2, 0) is 16.0 Å². The smallest absolute Gasteiger partial charge is 0.337 e. The molecule has 3 aromatic rings. The molecule has 0 aliphatic carbocycles. The lowest BCUT2D eigenvalue weighted by atomic mass is 10.1. The highest BCUT2D eigenvalue weighted by molar-refractivity contribution is 6.01. The molecule has 10 nitrogen and oxygen atoms in total. The number of carbonyl (C=O) groups excluding carboxylic acids is 3. The number of nitrogens with two attached hydrogens (primary N) is 1. The van der Waals surface area contributed by atoms with E-state index in [9.17, 15) is 14.4 Å². The Morgan fingerprint density at radius 3 is 2.48 bits per heavy atom. The SMILES string of the molecule is COC(=O)c1ccc(OC[C@@H]2CCCN2C(=O)Cc2ccc(NC(=O)Nc3ccccc3C)c(OC)c2)c(N)c1. The topological polar surface area (TPSA) is 132 Å². The van der Waals surface area contributed by atoms with E-state index >= 15 is 0 Å². The van der Waals surface area contributed by atoms with Crippen molar-refractivity contribution in [1.82, 2.24) is 4.90 Å². The number of nitrogen functional groups attached to an aromatic ring is 1. The molecule has 1 fully saturated rings. The molecule has 3 amide bonds. The molecule has 0 aromatic heterocycles. The fourth-order valence-electron chi connectivity index (χ4n) is 4.66. The van der Waals surface area contributed by atoms with Crippen molar-refractivity contribution in [3.05, 3.63) is 77.4 Å². The van der Waals surface area contributed by atoms with Gasteiger partial charge in [-0.15, -0.1) is 0 Å². The average molecular weight is 547 g/mol. The Bertz CT molecular complexity index is 1390. The van der Waals surface area contributed by atoms with Crippen molar-refractivity contribution in [3.63, 3.8) is 0 Å². The number of hydrogen-bond donors (Lipinski definition) is 3. The minimum Gasteiger partial charge on any atom is -0.495 e. The summed E-state index contributed by atoms with van der Waals surface area (Å²) in [6, 6.07) is 17.0. The predicted molar refractivity (Wildman–Crippen MR) is 153 cm³/mol. The zero-order valence-corrected chi connectivity index (χ0v) is 22.9. The van der Waals surface area contributed by atoms with Gasteiger partial charge in [0.2, 0.25) is 5.91 Å². The van der Waals surface area contributed by atoms with Gasteiger partial charge in [0, 0.05) is 12.2 Å². The number of aryl methyl sites for hydroxylation is 1. The largest absolute Gasteiger partial charge is 0.495 e. The Morgan fingerprint density at radius 1 is 0.975 bits per heavy atom. The third-order valence-electron chi connectivity index (χ3n) is 6.82. The van der Waals surface area contributed by atoms with Gasteiger partial charge in [0.05, 0.1) is 43.6 Å². The Kier molecular flexibility index (Phi) is 9.11. The van der Waals surface area contributed by atoms with Gasteiger partial charge in [0.15, 0.2) is 0 Å². The maximum Gasteiger partial charge on any atom is 0.337 e. The normalized spacial score (nSPS) is 14.4. The first-order valence-electron chi connectivity index (χ1n) is 13.0. The quantitative estimate of drug-likeness (QED) is 0.263. The van der Waals surface area contributed by atoms with Crippen molar-refractivity contribution in [2.24, 2.45) is 0 Å². The van der Waals surface area contributed by atoms with Crippen molar-refractivity contribution in [1.29, 1.82) is 0 Å². The first kappa shape index (κ1) is 28.3. The van der Waals surface area contributed by atoms with Gasteiger partial charge >= 0.3 is 12.0 Å². The number of rotatable bonds is 9. The lowest BCUT2D eigenvalue weighted by Gasteiger charge is -2.25. The molecule has 0 bridgehead atoms. The molecule has 4 N–H and O–H groups in total. The number of methoxy groups -OCH3 is 2. The first-order valence-corrected chi connectivity index (χ1v) is 13.0. The minimum atomic E-state index is -0.475. The van der Waals surface area contributed by atoms with Crippen LogP contribution < -0.4 is 25.8 Å². The molecule has 1 aliphatic heterocycles. The van der Waals surface area contributed by atoms with Crippen LogP contribution in [0.5, 0.6) is 11.5 Å². The zero-order chi connectivity index (χ0) is 28.6. The second-order valence-electron chi connectivity index (χ2n) is 9.54. The van der Waals surface area contributed by atoms with E-state index < -0.39 is 12.0 Å². The number of ether oxygens (including phenoxy) is 3. The summed E-state index contributed by atoms with van der Waals surface area (Å²) in [6.07, 6.45) is 1.87. The summed E-state index contributed by atoms with van der Waals surface area (Å²) in [4.78, 5) is 39.3. The van der Waals surface area contributed by atoms with Crippen LogP contribution in [0.2, 0.25) is 0 Å². The summed E-state index contributed by atoms with van der Waals surface area (Å²) >= 11 is 0.